The summed E-state index contributed by atoms with van der Waals surface area (Å²) in [5, 5.41) is 18.9. The van der Waals surface area contributed by atoms with E-state index >= 15 is 0 Å². The van der Waals surface area contributed by atoms with Gasteiger partial charge >= 0.3 is 11.9 Å². The maximum absolute atomic E-state index is 11.5. The van der Waals surface area contributed by atoms with E-state index in [0.29, 0.717) is 24.0 Å². The van der Waals surface area contributed by atoms with Crippen LogP contribution in [-0.2, 0) is 9.59 Å². The Morgan fingerprint density at radius 2 is 0.955 bits per heavy atom. The normalized spacial score (nSPS) is 18.9. The second-order valence-corrected chi connectivity index (χ2v) is 6.40. The van der Waals surface area contributed by atoms with Gasteiger partial charge in [-0.05, 0) is 64.2 Å². The molecule has 0 unspecified atom stereocenters. The van der Waals surface area contributed by atoms with E-state index < -0.39 is 11.9 Å². The second-order valence-electron chi connectivity index (χ2n) is 6.40. The van der Waals surface area contributed by atoms with Crippen molar-refractivity contribution in [1.29, 1.82) is 0 Å². The van der Waals surface area contributed by atoms with Gasteiger partial charge in [0.05, 0.1) is 0 Å². The number of hydrogen-bond donors (Lipinski definition) is 2. The molecule has 0 aromatic rings. The number of hydrogen-bond acceptors (Lipinski definition) is 2. The van der Waals surface area contributed by atoms with Crippen LogP contribution >= 0.6 is 0 Å². The minimum Gasteiger partial charge on any atom is -0.478 e. The molecule has 2 N–H and O–H groups in total. The molecular weight excluding hydrogens is 280 g/mol. The van der Waals surface area contributed by atoms with E-state index in [2.05, 4.69) is 0 Å². The smallest absolute Gasteiger partial charge is 0.331 e. The number of rotatable bonds is 5. The van der Waals surface area contributed by atoms with Gasteiger partial charge in [-0.1, -0.05) is 24.0 Å². The molecule has 0 atom stereocenters. The largest absolute Gasteiger partial charge is 0.478 e. The van der Waals surface area contributed by atoms with Crippen molar-refractivity contribution in [2.45, 2.75) is 77.0 Å². The molecule has 4 nitrogen and oxygen atoms in total. The van der Waals surface area contributed by atoms with Gasteiger partial charge in [-0.25, -0.2) is 9.59 Å². The van der Waals surface area contributed by atoms with E-state index in [1.807, 2.05) is 0 Å². The van der Waals surface area contributed by atoms with Crippen molar-refractivity contribution in [2.75, 3.05) is 0 Å². The molecule has 2 saturated carbocycles. The molecule has 22 heavy (non-hydrogen) atoms. The quantitative estimate of drug-likeness (QED) is 0.735. The summed E-state index contributed by atoms with van der Waals surface area (Å²) < 4.78 is 0. The van der Waals surface area contributed by atoms with Gasteiger partial charge < -0.3 is 10.2 Å². The fourth-order valence-electron chi connectivity index (χ4n) is 3.68. The maximum atomic E-state index is 11.5. The maximum Gasteiger partial charge on any atom is 0.331 e. The molecule has 0 heterocycles. The predicted octanol–water partition coefficient (Wildman–Crippen LogP) is 4.46. The SMILES string of the molecule is O=C(O)C(CCC(C(=O)O)=C1CCCCC1)=C1CCCCC1. The summed E-state index contributed by atoms with van der Waals surface area (Å²) in [4.78, 5) is 23.1. The lowest BCUT2D eigenvalue weighted by atomic mass is 9.86. The zero-order chi connectivity index (χ0) is 15.9. The topological polar surface area (TPSA) is 74.6 Å². The van der Waals surface area contributed by atoms with Crippen molar-refractivity contribution in [3.05, 3.63) is 22.3 Å². The van der Waals surface area contributed by atoms with Gasteiger partial charge in [0, 0.05) is 11.1 Å². The summed E-state index contributed by atoms with van der Waals surface area (Å²) in [6, 6.07) is 0. The van der Waals surface area contributed by atoms with Crippen molar-refractivity contribution in [2.24, 2.45) is 0 Å². The molecule has 2 aliphatic rings. The van der Waals surface area contributed by atoms with E-state index in [1.54, 1.807) is 0 Å². The molecule has 0 aromatic carbocycles. The Morgan fingerprint density at radius 1 is 0.636 bits per heavy atom. The molecular formula is C18H26O4. The summed E-state index contributed by atoms with van der Waals surface area (Å²) in [5.74, 6) is -1.73. The molecule has 0 amide bonds. The average Bonchev–Trinajstić information content (AvgIpc) is 2.52. The summed E-state index contributed by atoms with van der Waals surface area (Å²) in [5.41, 5.74) is 3.01. The van der Waals surface area contributed by atoms with Crippen LogP contribution in [-0.4, -0.2) is 22.2 Å². The lowest BCUT2D eigenvalue weighted by Crippen LogP contribution is -2.12. The van der Waals surface area contributed by atoms with Gasteiger partial charge in [0.25, 0.3) is 0 Å². The number of aliphatic carboxylic acids is 2. The third-order valence-electron chi connectivity index (χ3n) is 4.91. The highest BCUT2D eigenvalue weighted by Gasteiger charge is 2.21. The number of carboxylic acids is 2. The summed E-state index contributed by atoms with van der Waals surface area (Å²) in [7, 11) is 0. The summed E-state index contributed by atoms with van der Waals surface area (Å²) in [6.07, 6.45) is 10.7. The minimum absolute atomic E-state index is 0.357. The second kappa shape index (κ2) is 8.16. The third kappa shape index (κ3) is 4.46. The van der Waals surface area contributed by atoms with Crippen LogP contribution in [0.2, 0.25) is 0 Å². The molecule has 0 radical (unpaired) electrons. The van der Waals surface area contributed by atoms with E-state index in [1.165, 1.54) is 12.8 Å². The van der Waals surface area contributed by atoms with E-state index in [-0.39, 0.29) is 0 Å². The molecule has 0 bridgehead atoms. The first-order chi connectivity index (χ1) is 10.6. The molecule has 4 heteroatoms. The molecule has 2 rings (SSSR count). The van der Waals surface area contributed by atoms with Gasteiger partial charge in [0.15, 0.2) is 0 Å². The van der Waals surface area contributed by atoms with Gasteiger partial charge in [-0.2, -0.15) is 0 Å². The molecule has 0 saturated heterocycles. The van der Waals surface area contributed by atoms with Crippen LogP contribution in [0.4, 0.5) is 0 Å². The van der Waals surface area contributed by atoms with Crippen LogP contribution < -0.4 is 0 Å². The Morgan fingerprint density at radius 3 is 1.23 bits per heavy atom. The molecule has 0 aromatic heterocycles. The highest BCUT2D eigenvalue weighted by Crippen LogP contribution is 2.31. The van der Waals surface area contributed by atoms with Crippen LogP contribution in [0.3, 0.4) is 0 Å². The van der Waals surface area contributed by atoms with Gasteiger partial charge in [-0.3, -0.25) is 0 Å². The van der Waals surface area contributed by atoms with Crippen LogP contribution in [0.1, 0.15) is 77.0 Å². The van der Waals surface area contributed by atoms with Crippen molar-refractivity contribution in [1.82, 2.24) is 0 Å². The lowest BCUT2D eigenvalue weighted by Gasteiger charge is -2.19. The Bertz CT molecular complexity index is 437. The molecule has 0 spiro atoms. The first-order valence-electron chi connectivity index (χ1n) is 8.48. The highest BCUT2D eigenvalue weighted by atomic mass is 16.4. The Hall–Kier alpha value is -1.58. The first kappa shape index (κ1) is 16.8. The first-order valence-corrected chi connectivity index (χ1v) is 8.48. The molecule has 2 fully saturated rings. The fourth-order valence-corrected chi connectivity index (χ4v) is 3.68. The Labute approximate surface area is 131 Å². The molecule has 122 valence electrons. The van der Waals surface area contributed by atoms with Crippen molar-refractivity contribution in [3.63, 3.8) is 0 Å². The Balaban J connectivity index is 2.12. The number of carbonyl (C=O) groups is 2. The van der Waals surface area contributed by atoms with Gasteiger partial charge in [-0.15, -0.1) is 0 Å². The van der Waals surface area contributed by atoms with Crippen molar-refractivity contribution in [3.8, 4) is 0 Å². The van der Waals surface area contributed by atoms with Crippen molar-refractivity contribution < 1.29 is 19.8 Å². The fraction of sp³-hybridized carbons (Fsp3) is 0.667. The van der Waals surface area contributed by atoms with Crippen LogP contribution in [0.5, 0.6) is 0 Å². The number of allylic oxidation sites excluding steroid dienone is 2. The molecule has 0 aliphatic heterocycles. The summed E-state index contributed by atoms with van der Waals surface area (Å²) >= 11 is 0. The van der Waals surface area contributed by atoms with Gasteiger partial charge in [0.2, 0.25) is 0 Å². The highest BCUT2D eigenvalue weighted by molar-refractivity contribution is 5.90. The monoisotopic (exact) mass is 306 g/mol. The lowest BCUT2D eigenvalue weighted by molar-refractivity contribution is -0.134. The van der Waals surface area contributed by atoms with Crippen LogP contribution in [0, 0.1) is 0 Å². The van der Waals surface area contributed by atoms with E-state index in [4.69, 9.17) is 0 Å². The minimum atomic E-state index is -0.865. The third-order valence-corrected chi connectivity index (χ3v) is 4.91. The van der Waals surface area contributed by atoms with Crippen LogP contribution in [0.15, 0.2) is 22.3 Å². The van der Waals surface area contributed by atoms with E-state index in [0.717, 1.165) is 62.5 Å². The average molecular weight is 306 g/mol. The van der Waals surface area contributed by atoms with E-state index in [9.17, 15) is 19.8 Å². The molecule has 2 aliphatic carbocycles. The zero-order valence-electron chi connectivity index (χ0n) is 13.2. The van der Waals surface area contributed by atoms with Gasteiger partial charge in [0.1, 0.15) is 0 Å². The van der Waals surface area contributed by atoms with Crippen molar-refractivity contribution >= 4 is 11.9 Å². The zero-order valence-corrected chi connectivity index (χ0v) is 13.2. The predicted molar refractivity (Wildman–Crippen MR) is 84.7 cm³/mol. The summed E-state index contributed by atoms with van der Waals surface area (Å²) in [6.45, 7) is 0. The standard InChI is InChI=1S/C18H26O4/c19-17(20)15(13-7-3-1-4-8-13)11-12-16(18(21)22)14-9-5-2-6-10-14/h1-12H2,(H,19,20)(H,21,22). The Kier molecular flexibility index (Phi) is 6.22. The van der Waals surface area contributed by atoms with Crippen LogP contribution in [0.25, 0.3) is 0 Å². The number of carboxylic acid groups (broad SMARTS) is 2.